The number of fused-ring (bicyclic) bond motifs is 1. The quantitative estimate of drug-likeness (QED) is 0.586. The maximum absolute atomic E-state index is 13.0. The van der Waals surface area contributed by atoms with E-state index in [0.717, 1.165) is 10.2 Å². The Hall–Kier alpha value is -3.88. The van der Waals surface area contributed by atoms with Crippen LogP contribution in [0, 0.1) is 12.7 Å². The molecule has 0 fully saturated rings. The molecular weight excluding hydrogens is 363 g/mol. The Balaban J connectivity index is 1.64. The molecule has 0 radical (unpaired) electrons. The smallest absolute Gasteiger partial charge is 0.324 e. The van der Waals surface area contributed by atoms with Crippen LogP contribution in [0.3, 0.4) is 0 Å². The number of pyridine rings is 1. The number of halogens is 1. The highest BCUT2D eigenvalue weighted by Crippen LogP contribution is 2.17. The largest absolute Gasteiger partial charge is 0.352 e. The number of aromatic nitrogens is 5. The van der Waals surface area contributed by atoms with Crippen molar-refractivity contribution in [3.05, 3.63) is 77.0 Å². The number of carbonyl (C=O) groups excluding carboxylic acids is 1. The molecule has 28 heavy (non-hydrogen) atoms. The Kier molecular flexibility index (Phi) is 4.40. The van der Waals surface area contributed by atoms with Gasteiger partial charge in [-0.1, -0.05) is 0 Å². The molecule has 0 saturated carbocycles. The van der Waals surface area contributed by atoms with Crippen molar-refractivity contribution in [2.75, 3.05) is 5.32 Å². The molecule has 0 aliphatic carbocycles. The predicted octanol–water partition coefficient (Wildman–Crippen LogP) is 2.04. The van der Waals surface area contributed by atoms with Gasteiger partial charge < -0.3 is 5.32 Å². The molecule has 3 heterocycles. The number of benzene rings is 1. The summed E-state index contributed by atoms with van der Waals surface area (Å²) < 4.78 is 15.4. The number of nitrogens with one attached hydrogen (secondary N) is 1. The van der Waals surface area contributed by atoms with Gasteiger partial charge in [-0.3, -0.25) is 9.78 Å². The first-order chi connectivity index (χ1) is 13.5. The Morgan fingerprint density at radius 2 is 1.86 bits per heavy atom. The second kappa shape index (κ2) is 7.03. The molecule has 0 saturated heterocycles. The third kappa shape index (κ3) is 3.37. The van der Waals surface area contributed by atoms with Gasteiger partial charge in [0.25, 0.3) is 0 Å². The summed E-state index contributed by atoms with van der Waals surface area (Å²) in [6.45, 7) is 1.42. The SMILES string of the molecule is Cc1nc(-c2ccncc2)cc2nn(CC(=O)Nc3ccc(F)cc3)c(=O)n12. The van der Waals surface area contributed by atoms with Gasteiger partial charge in [0.05, 0.1) is 5.69 Å². The zero-order chi connectivity index (χ0) is 19.7. The Labute approximate surface area is 158 Å². The van der Waals surface area contributed by atoms with Crippen LogP contribution in [0.1, 0.15) is 5.82 Å². The van der Waals surface area contributed by atoms with Gasteiger partial charge in [-0.15, -0.1) is 5.10 Å². The maximum Gasteiger partial charge on any atom is 0.352 e. The average molecular weight is 378 g/mol. The van der Waals surface area contributed by atoms with Gasteiger partial charge in [0.2, 0.25) is 5.91 Å². The van der Waals surface area contributed by atoms with E-state index in [-0.39, 0.29) is 6.54 Å². The molecule has 0 bridgehead atoms. The van der Waals surface area contributed by atoms with Gasteiger partial charge in [-0.25, -0.2) is 23.3 Å². The summed E-state index contributed by atoms with van der Waals surface area (Å²) in [7, 11) is 0. The second-order valence-electron chi connectivity index (χ2n) is 6.11. The normalized spacial score (nSPS) is 10.9. The van der Waals surface area contributed by atoms with E-state index >= 15 is 0 Å². The fraction of sp³-hybridized carbons (Fsp3) is 0.105. The zero-order valence-corrected chi connectivity index (χ0v) is 14.8. The minimum atomic E-state index is -0.462. The molecule has 140 valence electrons. The van der Waals surface area contributed by atoms with Crippen LogP contribution in [-0.4, -0.2) is 30.1 Å². The molecular formula is C19H15FN6O2. The molecule has 3 aromatic heterocycles. The lowest BCUT2D eigenvalue weighted by atomic mass is 10.2. The van der Waals surface area contributed by atoms with E-state index in [1.54, 1.807) is 25.4 Å². The summed E-state index contributed by atoms with van der Waals surface area (Å²) in [6.07, 6.45) is 3.31. The maximum atomic E-state index is 13.0. The van der Waals surface area contributed by atoms with E-state index in [4.69, 9.17) is 0 Å². The number of hydrogen-bond donors (Lipinski definition) is 1. The number of rotatable bonds is 4. The van der Waals surface area contributed by atoms with Gasteiger partial charge in [-0.05, 0) is 43.3 Å². The van der Waals surface area contributed by atoms with Gasteiger partial charge in [0.1, 0.15) is 18.2 Å². The van der Waals surface area contributed by atoms with Crippen molar-refractivity contribution in [3.8, 4) is 11.3 Å². The van der Waals surface area contributed by atoms with Crippen LogP contribution in [0.5, 0.6) is 0 Å². The Morgan fingerprint density at radius 1 is 1.14 bits per heavy atom. The van der Waals surface area contributed by atoms with Gasteiger partial charge in [0, 0.05) is 29.7 Å². The second-order valence-corrected chi connectivity index (χ2v) is 6.11. The van der Waals surface area contributed by atoms with Crippen LogP contribution < -0.4 is 11.0 Å². The minimum Gasteiger partial charge on any atom is -0.324 e. The number of aryl methyl sites for hydroxylation is 1. The number of anilines is 1. The molecule has 9 heteroatoms. The lowest BCUT2D eigenvalue weighted by molar-refractivity contribution is -0.117. The van der Waals surface area contributed by atoms with Crippen molar-refractivity contribution >= 4 is 17.2 Å². The summed E-state index contributed by atoms with van der Waals surface area (Å²) in [5.41, 5.74) is 1.85. The van der Waals surface area contributed by atoms with Gasteiger partial charge in [0.15, 0.2) is 5.65 Å². The van der Waals surface area contributed by atoms with E-state index in [0.29, 0.717) is 22.9 Å². The van der Waals surface area contributed by atoms with E-state index in [2.05, 4.69) is 20.4 Å². The first kappa shape index (κ1) is 17.5. The highest BCUT2D eigenvalue weighted by molar-refractivity contribution is 5.90. The van der Waals surface area contributed by atoms with E-state index in [1.807, 2.05) is 12.1 Å². The summed E-state index contributed by atoms with van der Waals surface area (Å²) in [4.78, 5) is 33.3. The molecule has 1 N–H and O–H groups in total. The predicted molar refractivity (Wildman–Crippen MR) is 100 cm³/mol. The molecule has 0 atom stereocenters. The topological polar surface area (TPSA) is 94.2 Å². The first-order valence-corrected chi connectivity index (χ1v) is 8.44. The first-order valence-electron chi connectivity index (χ1n) is 8.44. The van der Waals surface area contributed by atoms with Crippen LogP contribution in [0.15, 0.2) is 59.7 Å². The van der Waals surface area contributed by atoms with E-state index in [9.17, 15) is 14.0 Å². The van der Waals surface area contributed by atoms with E-state index < -0.39 is 17.4 Å². The third-order valence-electron chi connectivity index (χ3n) is 4.13. The number of hydrogen-bond acceptors (Lipinski definition) is 5. The molecule has 4 aromatic rings. The monoisotopic (exact) mass is 378 g/mol. The van der Waals surface area contributed by atoms with Crippen LogP contribution in [-0.2, 0) is 11.3 Å². The van der Waals surface area contributed by atoms with Crippen LogP contribution in [0.2, 0.25) is 0 Å². The highest BCUT2D eigenvalue weighted by Gasteiger charge is 2.15. The Bertz CT molecular complexity index is 1220. The molecule has 0 unspecified atom stereocenters. The van der Waals surface area contributed by atoms with Crippen molar-refractivity contribution in [1.29, 1.82) is 0 Å². The summed E-state index contributed by atoms with van der Waals surface area (Å²) in [6, 6.07) is 10.7. The lowest BCUT2D eigenvalue weighted by Crippen LogP contribution is -2.28. The zero-order valence-electron chi connectivity index (χ0n) is 14.8. The van der Waals surface area contributed by atoms with Crippen LogP contribution >= 0.6 is 0 Å². The number of amides is 1. The summed E-state index contributed by atoms with van der Waals surface area (Å²) in [5.74, 6) is -0.390. The lowest BCUT2D eigenvalue weighted by Gasteiger charge is -2.04. The molecule has 0 spiro atoms. The number of carbonyl (C=O) groups is 1. The molecule has 4 rings (SSSR count). The molecule has 1 amide bonds. The number of nitrogens with zero attached hydrogens (tertiary/aromatic N) is 5. The van der Waals surface area contributed by atoms with Crippen molar-refractivity contribution in [1.82, 2.24) is 24.1 Å². The average Bonchev–Trinajstić information content (AvgIpc) is 3.00. The van der Waals surface area contributed by atoms with Crippen molar-refractivity contribution in [2.24, 2.45) is 0 Å². The van der Waals surface area contributed by atoms with Crippen molar-refractivity contribution in [2.45, 2.75) is 13.5 Å². The molecule has 0 aliphatic rings. The van der Waals surface area contributed by atoms with Crippen LogP contribution in [0.25, 0.3) is 16.9 Å². The van der Waals surface area contributed by atoms with Gasteiger partial charge >= 0.3 is 5.69 Å². The van der Waals surface area contributed by atoms with E-state index in [1.165, 1.54) is 28.7 Å². The van der Waals surface area contributed by atoms with Crippen molar-refractivity contribution in [3.63, 3.8) is 0 Å². The van der Waals surface area contributed by atoms with Gasteiger partial charge in [-0.2, -0.15) is 0 Å². The summed E-state index contributed by atoms with van der Waals surface area (Å²) >= 11 is 0. The molecule has 8 nitrogen and oxygen atoms in total. The fourth-order valence-corrected chi connectivity index (χ4v) is 2.84. The fourth-order valence-electron chi connectivity index (χ4n) is 2.84. The standard InChI is InChI=1S/C19H15FN6O2/c1-12-22-16(13-6-8-21-9-7-13)10-17-24-25(19(28)26(12)17)11-18(27)23-15-4-2-14(20)3-5-15/h2-10H,11H2,1H3,(H,23,27). The van der Waals surface area contributed by atoms with Crippen LogP contribution in [0.4, 0.5) is 10.1 Å². The summed E-state index contributed by atoms with van der Waals surface area (Å²) in [5, 5.41) is 6.85. The third-order valence-corrected chi connectivity index (χ3v) is 4.13. The minimum absolute atomic E-state index is 0.276. The van der Waals surface area contributed by atoms with Crippen molar-refractivity contribution < 1.29 is 9.18 Å². The Morgan fingerprint density at radius 3 is 2.57 bits per heavy atom. The molecule has 1 aromatic carbocycles. The highest BCUT2D eigenvalue weighted by atomic mass is 19.1. The molecule has 0 aliphatic heterocycles.